The molecule has 0 saturated heterocycles. The maximum atomic E-state index is 12.8. The molecule has 4 rings (SSSR count). The first-order chi connectivity index (χ1) is 19.0. The fourth-order valence-corrected chi connectivity index (χ4v) is 4.03. The molecule has 0 aliphatic rings. The highest BCUT2D eigenvalue weighted by Crippen LogP contribution is 2.32. The van der Waals surface area contributed by atoms with Crippen LogP contribution in [0.1, 0.15) is 10.4 Å². The number of phenolic OH excluding ortho intramolecular Hbond substituents is 2. The van der Waals surface area contributed by atoms with Crippen LogP contribution in [0.25, 0.3) is 0 Å². The lowest BCUT2D eigenvalue weighted by Gasteiger charge is -2.22. The van der Waals surface area contributed by atoms with Gasteiger partial charge in [-0.25, -0.2) is 0 Å². The highest BCUT2D eigenvalue weighted by molar-refractivity contribution is 7.85. The summed E-state index contributed by atoms with van der Waals surface area (Å²) >= 11 is 0. The Labute approximate surface area is 229 Å². The summed E-state index contributed by atoms with van der Waals surface area (Å²) in [6, 6.07) is 21.0. The van der Waals surface area contributed by atoms with E-state index < -0.39 is 10.1 Å². The van der Waals surface area contributed by atoms with E-state index in [0.29, 0.717) is 34.1 Å². The molecule has 40 heavy (non-hydrogen) atoms. The van der Waals surface area contributed by atoms with Gasteiger partial charge in [0.2, 0.25) is 0 Å². The third kappa shape index (κ3) is 6.83. The minimum Gasteiger partial charge on any atom is -0.508 e. The molecule has 13 heteroatoms. The van der Waals surface area contributed by atoms with Crippen LogP contribution in [0.15, 0.2) is 100 Å². The molecule has 0 aliphatic heterocycles. The van der Waals surface area contributed by atoms with Crippen LogP contribution in [0.2, 0.25) is 0 Å². The van der Waals surface area contributed by atoms with E-state index >= 15 is 0 Å². The third-order valence-electron chi connectivity index (χ3n) is 5.63. The van der Waals surface area contributed by atoms with Gasteiger partial charge in [0.1, 0.15) is 22.9 Å². The van der Waals surface area contributed by atoms with Crippen molar-refractivity contribution in [1.82, 2.24) is 0 Å². The minimum absolute atomic E-state index is 0.0898. The number of nitrogens with one attached hydrogen (secondary N) is 2. The quantitative estimate of drug-likeness (QED) is 0.100. The van der Waals surface area contributed by atoms with Crippen LogP contribution in [-0.2, 0) is 10.1 Å². The van der Waals surface area contributed by atoms with Crippen LogP contribution in [0.5, 0.6) is 17.2 Å². The number of amides is 1. The van der Waals surface area contributed by atoms with Crippen LogP contribution in [0.3, 0.4) is 0 Å². The first kappa shape index (κ1) is 27.9. The molecule has 0 spiro atoms. The predicted molar refractivity (Wildman–Crippen MR) is 150 cm³/mol. The molecule has 0 fully saturated rings. The Kier molecular flexibility index (Phi) is 8.17. The average molecular weight is 564 g/mol. The van der Waals surface area contributed by atoms with Crippen molar-refractivity contribution in [2.45, 2.75) is 4.90 Å². The van der Waals surface area contributed by atoms with Crippen LogP contribution in [0.4, 0.5) is 28.4 Å². The van der Waals surface area contributed by atoms with Crippen molar-refractivity contribution in [3.05, 3.63) is 90.5 Å². The lowest BCUT2D eigenvalue weighted by molar-refractivity contribution is 0.102. The van der Waals surface area contributed by atoms with E-state index in [1.54, 1.807) is 54.5 Å². The Hall–Kier alpha value is -5.14. The molecular weight excluding hydrogens is 538 g/mol. The number of azo groups is 1. The number of carbonyl (C=O) groups is 1. The second-order valence-corrected chi connectivity index (χ2v) is 9.85. The van der Waals surface area contributed by atoms with Gasteiger partial charge in [0.15, 0.2) is 0 Å². The molecule has 206 valence electrons. The number of methoxy groups -OCH3 is 1. The van der Waals surface area contributed by atoms with Gasteiger partial charge in [0, 0.05) is 24.7 Å². The third-order valence-corrected chi connectivity index (χ3v) is 6.50. The number of phenols is 2. The molecule has 0 bridgehead atoms. The zero-order chi connectivity index (χ0) is 28.9. The number of rotatable bonds is 9. The molecule has 0 aromatic heterocycles. The number of benzene rings is 4. The number of carbonyl (C=O) groups excluding carboxylic acids is 1. The van der Waals surface area contributed by atoms with Gasteiger partial charge >= 0.3 is 0 Å². The van der Waals surface area contributed by atoms with Gasteiger partial charge in [-0.15, -0.1) is 5.11 Å². The molecule has 0 aliphatic carbocycles. The van der Waals surface area contributed by atoms with E-state index in [0.717, 1.165) is 6.07 Å². The molecule has 0 atom stereocenters. The van der Waals surface area contributed by atoms with Crippen molar-refractivity contribution < 1.29 is 32.7 Å². The lowest BCUT2D eigenvalue weighted by atomic mass is 10.2. The summed E-state index contributed by atoms with van der Waals surface area (Å²) in [5.74, 6) is -0.286. The number of nitrogens with zero attached hydrogens (tertiary/aromatic N) is 3. The maximum absolute atomic E-state index is 12.8. The summed E-state index contributed by atoms with van der Waals surface area (Å²) in [5, 5.41) is 31.6. The highest BCUT2D eigenvalue weighted by atomic mass is 32.2. The van der Waals surface area contributed by atoms with Crippen molar-refractivity contribution in [3.63, 3.8) is 0 Å². The molecule has 4 aromatic rings. The first-order valence-electron chi connectivity index (χ1n) is 11.6. The molecule has 0 radical (unpaired) electrons. The second kappa shape index (κ2) is 11.7. The Morgan fingerprint density at radius 3 is 2.23 bits per heavy atom. The van der Waals surface area contributed by atoms with E-state index in [-0.39, 0.29) is 28.0 Å². The monoisotopic (exact) mass is 563 g/mol. The number of ether oxygens (including phenoxy) is 1. The van der Waals surface area contributed by atoms with Crippen LogP contribution in [0, 0.1) is 0 Å². The van der Waals surface area contributed by atoms with Crippen LogP contribution >= 0.6 is 0 Å². The van der Waals surface area contributed by atoms with Crippen molar-refractivity contribution in [2.24, 2.45) is 10.2 Å². The Morgan fingerprint density at radius 1 is 0.900 bits per heavy atom. The van der Waals surface area contributed by atoms with Crippen molar-refractivity contribution in [3.8, 4) is 17.2 Å². The van der Waals surface area contributed by atoms with Crippen LogP contribution in [-0.4, -0.2) is 43.2 Å². The van der Waals surface area contributed by atoms with Gasteiger partial charge in [-0.05, 0) is 72.8 Å². The molecule has 1 amide bonds. The van der Waals surface area contributed by atoms with Crippen molar-refractivity contribution in [1.29, 1.82) is 0 Å². The second-order valence-electron chi connectivity index (χ2n) is 8.43. The van der Waals surface area contributed by atoms with Gasteiger partial charge in [-0.1, -0.05) is 0 Å². The largest absolute Gasteiger partial charge is 0.508 e. The maximum Gasteiger partial charge on any atom is 0.294 e. The molecule has 0 saturated carbocycles. The number of hydrogen-bond donors (Lipinski definition) is 5. The highest BCUT2D eigenvalue weighted by Gasteiger charge is 2.13. The summed E-state index contributed by atoms with van der Waals surface area (Å²) in [6.45, 7) is 0. The fourth-order valence-electron chi connectivity index (χ4n) is 3.55. The van der Waals surface area contributed by atoms with Gasteiger partial charge in [-0.3, -0.25) is 19.8 Å². The summed E-state index contributed by atoms with van der Waals surface area (Å²) in [6.07, 6.45) is 0. The fraction of sp³-hybridized carbons (Fsp3) is 0.0741. The smallest absolute Gasteiger partial charge is 0.294 e. The average Bonchev–Trinajstić information content (AvgIpc) is 2.93. The topological polar surface area (TPSA) is 173 Å². The minimum atomic E-state index is -4.28. The molecule has 5 N–H and O–H groups in total. The van der Waals surface area contributed by atoms with E-state index in [2.05, 4.69) is 21.0 Å². The normalized spacial score (nSPS) is 11.3. The number of hydrogen-bond acceptors (Lipinski definition) is 10. The summed E-state index contributed by atoms with van der Waals surface area (Å²) in [7, 11) is -1.09. The zero-order valence-electron chi connectivity index (χ0n) is 21.3. The SMILES string of the molecule is COc1cc(NN(C)c2ccc(S(=O)(=O)O)cc2)ccc1NC(=O)c1ccc(N=Nc2ccc(O)cc2O)cc1. The number of aromatic hydroxyl groups is 2. The van der Waals surface area contributed by atoms with Crippen molar-refractivity contribution >= 4 is 44.5 Å². The predicted octanol–water partition coefficient (Wildman–Crippen LogP) is 5.48. The standard InChI is InChI=1S/C27H25N5O7S/c1-32(20-8-11-22(12-9-20)40(36,37)38)31-19-7-13-24(26(15-19)39-2)28-27(35)17-3-5-18(6-4-17)29-30-23-14-10-21(33)16-25(23)34/h3-16,31,33-34H,1-2H3,(H,28,35)(H,36,37,38). The van der Waals surface area contributed by atoms with Gasteiger partial charge in [0.25, 0.3) is 16.0 Å². The Balaban J connectivity index is 1.41. The molecular formula is C27H25N5O7S. The van der Waals surface area contributed by atoms with E-state index in [4.69, 9.17) is 9.29 Å². The van der Waals surface area contributed by atoms with E-state index in [1.165, 1.54) is 43.5 Å². The van der Waals surface area contributed by atoms with E-state index in [9.17, 15) is 23.4 Å². The van der Waals surface area contributed by atoms with Gasteiger partial charge < -0.3 is 20.3 Å². The summed E-state index contributed by atoms with van der Waals surface area (Å²) in [4.78, 5) is 12.6. The number of hydrazine groups is 1. The van der Waals surface area contributed by atoms with Gasteiger partial charge in [0.05, 0.1) is 34.8 Å². The number of anilines is 3. The Morgan fingerprint density at radius 2 is 1.60 bits per heavy atom. The molecule has 4 aromatic carbocycles. The lowest BCUT2D eigenvalue weighted by Crippen LogP contribution is -2.24. The summed E-state index contributed by atoms with van der Waals surface area (Å²) in [5.41, 5.74) is 5.82. The summed E-state index contributed by atoms with van der Waals surface area (Å²) < 4.78 is 37.1. The van der Waals surface area contributed by atoms with Gasteiger partial charge in [-0.2, -0.15) is 13.5 Å². The Bertz CT molecular complexity index is 1660. The van der Waals surface area contributed by atoms with E-state index in [1.807, 2.05) is 0 Å². The molecule has 0 unspecified atom stereocenters. The zero-order valence-corrected chi connectivity index (χ0v) is 22.1. The molecule has 0 heterocycles. The van der Waals surface area contributed by atoms with Crippen molar-refractivity contribution in [2.75, 3.05) is 29.9 Å². The van der Waals surface area contributed by atoms with Crippen LogP contribution < -0.4 is 20.5 Å². The first-order valence-corrected chi connectivity index (χ1v) is 13.1. The molecule has 12 nitrogen and oxygen atoms in total.